The van der Waals surface area contributed by atoms with Crippen molar-refractivity contribution >= 4 is 23.2 Å². The smallest absolute Gasteiger partial charge is 0.257 e. The van der Waals surface area contributed by atoms with Crippen molar-refractivity contribution < 1.29 is 14.3 Å². The Morgan fingerprint density at radius 2 is 2.19 bits per heavy atom. The van der Waals surface area contributed by atoms with Crippen LogP contribution in [-0.4, -0.2) is 28.7 Å². The van der Waals surface area contributed by atoms with Crippen LogP contribution in [0.3, 0.4) is 0 Å². The first-order valence-electron chi connectivity index (χ1n) is 6.05. The maximum atomic E-state index is 12.1. The first-order chi connectivity index (χ1) is 9.99. The Morgan fingerprint density at radius 1 is 1.43 bits per heavy atom. The molecule has 0 saturated heterocycles. The average Bonchev–Trinajstić information content (AvgIpc) is 2.84. The third kappa shape index (κ3) is 3.50. The molecule has 0 aliphatic rings. The summed E-state index contributed by atoms with van der Waals surface area (Å²) in [5, 5.41) is 6.54. The third-order valence-corrected chi connectivity index (χ3v) is 2.71. The van der Waals surface area contributed by atoms with E-state index in [0.29, 0.717) is 22.7 Å². The second kappa shape index (κ2) is 5.95. The summed E-state index contributed by atoms with van der Waals surface area (Å²) in [6, 6.07) is 4.77. The van der Waals surface area contributed by atoms with E-state index in [-0.39, 0.29) is 12.5 Å². The molecule has 8 nitrogen and oxygen atoms in total. The highest BCUT2D eigenvalue weighted by Gasteiger charge is 2.12. The fraction of sp³-hybridized carbons (Fsp3) is 0.154. The summed E-state index contributed by atoms with van der Waals surface area (Å²) in [7, 11) is 1.52. The first kappa shape index (κ1) is 14.4. The Hall–Kier alpha value is -3.03. The van der Waals surface area contributed by atoms with Crippen LogP contribution in [0.1, 0.15) is 10.4 Å². The number of carbonyl (C=O) groups excluding carboxylic acids is 2. The van der Waals surface area contributed by atoms with Crippen molar-refractivity contribution in [3.8, 4) is 5.75 Å². The predicted molar refractivity (Wildman–Crippen MR) is 76.8 cm³/mol. The molecular formula is C13H15N5O3. The van der Waals surface area contributed by atoms with E-state index in [9.17, 15) is 9.59 Å². The Balaban J connectivity index is 2.10. The number of carbonyl (C=O) groups is 2. The van der Waals surface area contributed by atoms with Crippen LogP contribution in [0.5, 0.6) is 5.75 Å². The number of nitrogens with zero attached hydrogens (tertiary/aromatic N) is 2. The van der Waals surface area contributed by atoms with Gasteiger partial charge in [0.05, 0.1) is 24.6 Å². The summed E-state index contributed by atoms with van der Waals surface area (Å²) in [4.78, 5) is 22.9. The van der Waals surface area contributed by atoms with Gasteiger partial charge in [-0.3, -0.25) is 14.3 Å². The number of rotatable bonds is 5. The molecule has 1 heterocycles. The molecule has 0 aliphatic carbocycles. The number of anilines is 2. The molecule has 0 bridgehead atoms. The number of benzene rings is 1. The molecule has 0 aliphatic heterocycles. The predicted octanol–water partition coefficient (Wildman–Crippen LogP) is 0.211. The number of hydrogen-bond acceptors (Lipinski definition) is 5. The van der Waals surface area contributed by atoms with Gasteiger partial charge in [0, 0.05) is 18.0 Å². The maximum absolute atomic E-state index is 12.1. The van der Waals surface area contributed by atoms with Crippen LogP contribution in [0.15, 0.2) is 30.6 Å². The Bertz CT molecular complexity index is 680. The number of aromatic nitrogens is 2. The number of amides is 2. The maximum Gasteiger partial charge on any atom is 0.257 e. The summed E-state index contributed by atoms with van der Waals surface area (Å²) in [5.41, 5.74) is 11.9. The first-order valence-corrected chi connectivity index (χ1v) is 6.05. The summed E-state index contributed by atoms with van der Waals surface area (Å²) >= 11 is 0. The monoisotopic (exact) mass is 289 g/mol. The van der Waals surface area contributed by atoms with Crippen LogP contribution in [-0.2, 0) is 11.3 Å². The fourth-order valence-electron chi connectivity index (χ4n) is 1.75. The molecule has 1 aromatic carbocycles. The van der Waals surface area contributed by atoms with Gasteiger partial charge in [0.2, 0.25) is 5.91 Å². The molecule has 110 valence electrons. The number of nitrogens with two attached hydrogens (primary N) is 2. The number of methoxy groups -OCH3 is 1. The SMILES string of the molecule is COc1ccc(C(=O)Nc2cnn(CC(N)=O)c2)c(N)c1. The molecule has 0 saturated carbocycles. The van der Waals surface area contributed by atoms with Crippen molar-refractivity contribution in [2.45, 2.75) is 6.54 Å². The van der Waals surface area contributed by atoms with Gasteiger partial charge in [-0.05, 0) is 12.1 Å². The minimum Gasteiger partial charge on any atom is -0.497 e. The molecular weight excluding hydrogens is 274 g/mol. The van der Waals surface area contributed by atoms with E-state index in [0.717, 1.165) is 0 Å². The van der Waals surface area contributed by atoms with Gasteiger partial charge >= 0.3 is 0 Å². The van der Waals surface area contributed by atoms with Gasteiger partial charge in [-0.1, -0.05) is 0 Å². The molecule has 2 amide bonds. The molecule has 2 rings (SSSR count). The summed E-state index contributed by atoms with van der Waals surface area (Å²) in [6.07, 6.45) is 2.92. The van der Waals surface area contributed by atoms with Gasteiger partial charge in [0.25, 0.3) is 5.91 Å². The van der Waals surface area contributed by atoms with E-state index in [4.69, 9.17) is 16.2 Å². The van der Waals surface area contributed by atoms with Gasteiger partial charge in [0.15, 0.2) is 0 Å². The van der Waals surface area contributed by atoms with Crippen molar-refractivity contribution in [1.82, 2.24) is 9.78 Å². The number of hydrogen-bond donors (Lipinski definition) is 3. The van der Waals surface area contributed by atoms with Crippen LogP contribution in [0, 0.1) is 0 Å². The van der Waals surface area contributed by atoms with Gasteiger partial charge in [-0.2, -0.15) is 5.10 Å². The zero-order valence-corrected chi connectivity index (χ0v) is 11.4. The summed E-state index contributed by atoms with van der Waals surface area (Å²) in [5.74, 6) is -0.331. The van der Waals surface area contributed by atoms with Gasteiger partial charge < -0.3 is 21.5 Å². The van der Waals surface area contributed by atoms with Crippen molar-refractivity contribution in [3.05, 3.63) is 36.2 Å². The van der Waals surface area contributed by atoms with E-state index in [1.54, 1.807) is 18.2 Å². The van der Waals surface area contributed by atoms with E-state index in [1.807, 2.05) is 0 Å². The molecule has 0 spiro atoms. The number of nitrogens with one attached hydrogen (secondary N) is 1. The van der Waals surface area contributed by atoms with E-state index >= 15 is 0 Å². The zero-order chi connectivity index (χ0) is 15.4. The zero-order valence-electron chi connectivity index (χ0n) is 11.4. The minimum absolute atomic E-state index is 0.0550. The molecule has 1 aromatic heterocycles. The van der Waals surface area contributed by atoms with E-state index in [1.165, 1.54) is 24.2 Å². The van der Waals surface area contributed by atoms with Crippen LogP contribution in [0.4, 0.5) is 11.4 Å². The number of ether oxygens (including phenoxy) is 1. The van der Waals surface area contributed by atoms with Crippen molar-refractivity contribution in [2.75, 3.05) is 18.2 Å². The molecule has 0 atom stereocenters. The second-order valence-corrected chi connectivity index (χ2v) is 4.30. The highest BCUT2D eigenvalue weighted by Crippen LogP contribution is 2.20. The van der Waals surface area contributed by atoms with Crippen molar-refractivity contribution in [2.24, 2.45) is 5.73 Å². The van der Waals surface area contributed by atoms with Gasteiger partial charge in [-0.15, -0.1) is 0 Å². The summed E-state index contributed by atoms with van der Waals surface area (Å²) < 4.78 is 6.35. The van der Waals surface area contributed by atoms with Crippen LogP contribution in [0.2, 0.25) is 0 Å². The number of nitrogen functional groups attached to an aromatic ring is 1. The highest BCUT2D eigenvalue weighted by atomic mass is 16.5. The molecule has 21 heavy (non-hydrogen) atoms. The third-order valence-electron chi connectivity index (χ3n) is 2.71. The highest BCUT2D eigenvalue weighted by molar-refractivity contribution is 6.07. The normalized spacial score (nSPS) is 10.1. The van der Waals surface area contributed by atoms with Crippen LogP contribution in [0.25, 0.3) is 0 Å². The average molecular weight is 289 g/mol. The lowest BCUT2D eigenvalue weighted by molar-refractivity contribution is -0.118. The minimum atomic E-state index is -0.518. The van der Waals surface area contributed by atoms with Crippen molar-refractivity contribution in [1.29, 1.82) is 0 Å². The summed E-state index contributed by atoms with van der Waals surface area (Å²) in [6.45, 7) is -0.0550. The second-order valence-electron chi connectivity index (χ2n) is 4.30. The van der Waals surface area contributed by atoms with Crippen LogP contribution < -0.4 is 21.5 Å². The van der Waals surface area contributed by atoms with Crippen LogP contribution >= 0.6 is 0 Å². The quantitative estimate of drug-likeness (QED) is 0.678. The van der Waals surface area contributed by atoms with E-state index in [2.05, 4.69) is 10.4 Å². The molecule has 0 unspecified atom stereocenters. The standard InChI is InChI=1S/C13H15N5O3/c1-21-9-2-3-10(11(14)4-9)13(20)17-8-5-16-18(6-8)7-12(15)19/h2-6H,7,14H2,1H3,(H2,15,19)(H,17,20). The van der Waals surface area contributed by atoms with Crippen molar-refractivity contribution in [3.63, 3.8) is 0 Å². The Kier molecular flexibility index (Phi) is 4.07. The lowest BCUT2D eigenvalue weighted by Crippen LogP contribution is -2.18. The Labute approximate surface area is 120 Å². The number of primary amides is 1. The van der Waals surface area contributed by atoms with Gasteiger partial charge in [0.1, 0.15) is 12.3 Å². The van der Waals surface area contributed by atoms with E-state index < -0.39 is 5.91 Å². The largest absolute Gasteiger partial charge is 0.497 e. The molecule has 5 N–H and O–H groups in total. The molecule has 2 aromatic rings. The lowest BCUT2D eigenvalue weighted by atomic mass is 10.1. The molecule has 0 fully saturated rings. The lowest BCUT2D eigenvalue weighted by Gasteiger charge is -2.07. The topological polar surface area (TPSA) is 125 Å². The fourth-order valence-corrected chi connectivity index (χ4v) is 1.75. The molecule has 8 heteroatoms. The van der Waals surface area contributed by atoms with Gasteiger partial charge in [-0.25, -0.2) is 0 Å². The molecule has 0 radical (unpaired) electrons. The Morgan fingerprint density at radius 3 is 2.81 bits per heavy atom.